The lowest BCUT2D eigenvalue weighted by atomic mass is 10.0. The van der Waals surface area contributed by atoms with Crippen molar-refractivity contribution < 1.29 is 9.53 Å². The number of nitrogens with zero attached hydrogens (tertiary/aromatic N) is 2. The second-order valence-corrected chi connectivity index (χ2v) is 3.45. The van der Waals surface area contributed by atoms with Crippen LogP contribution in [0.25, 0.3) is 0 Å². The number of ether oxygens (including phenoxy) is 1. The van der Waals surface area contributed by atoms with Gasteiger partial charge in [0.25, 0.3) is 0 Å². The Morgan fingerprint density at radius 1 is 1.54 bits per heavy atom. The van der Waals surface area contributed by atoms with E-state index < -0.39 is 6.09 Å². The molecular formula is C8H17N3O2. The van der Waals surface area contributed by atoms with Crippen molar-refractivity contribution in [1.29, 1.82) is 0 Å². The van der Waals surface area contributed by atoms with Crippen LogP contribution in [0.4, 0.5) is 4.79 Å². The summed E-state index contributed by atoms with van der Waals surface area (Å²) in [5, 5.41) is 2.87. The first-order valence-corrected chi connectivity index (χ1v) is 4.52. The minimum Gasteiger partial charge on any atom is -0.451 e. The summed E-state index contributed by atoms with van der Waals surface area (Å²) < 4.78 is 4.51. The number of nitrogens with two attached hydrogens (primary N) is 1. The van der Waals surface area contributed by atoms with E-state index in [0.29, 0.717) is 0 Å². The first kappa shape index (κ1) is 10.3. The Balaban J connectivity index is 2.39. The monoisotopic (exact) mass is 187 g/mol. The molecule has 76 valence electrons. The Bertz CT molecular complexity index is 178. The Morgan fingerprint density at radius 2 is 2.08 bits per heavy atom. The predicted molar refractivity (Wildman–Crippen MR) is 48.4 cm³/mol. The SMILES string of the molecule is COC(=O)N(N)N1CCC(C)CC1. The van der Waals surface area contributed by atoms with E-state index >= 15 is 0 Å². The zero-order chi connectivity index (χ0) is 9.84. The second-order valence-electron chi connectivity index (χ2n) is 3.45. The molecule has 1 rings (SSSR count). The molecule has 1 aliphatic rings. The third-order valence-electron chi connectivity index (χ3n) is 2.43. The summed E-state index contributed by atoms with van der Waals surface area (Å²) in [5.74, 6) is 6.26. The van der Waals surface area contributed by atoms with Crippen molar-refractivity contribution in [1.82, 2.24) is 10.1 Å². The van der Waals surface area contributed by atoms with E-state index in [4.69, 9.17) is 5.84 Å². The third-order valence-corrected chi connectivity index (χ3v) is 2.43. The van der Waals surface area contributed by atoms with Crippen molar-refractivity contribution in [2.24, 2.45) is 11.8 Å². The van der Waals surface area contributed by atoms with Crippen molar-refractivity contribution in [2.45, 2.75) is 19.8 Å². The van der Waals surface area contributed by atoms with E-state index in [1.54, 1.807) is 0 Å². The average molecular weight is 187 g/mol. The average Bonchev–Trinajstić information content (AvgIpc) is 2.17. The first-order valence-electron chi connectivity index (χ1n) is 4.52. The number of piperidine rings is 1. The van der Waals surface area contributed by atoms with Crippen LogP contribution in [0.5, 0.6) is 0 Å². The third kappa shape index (κ3) is 2.57. The van der Waals surface area contributed by atoms with E-state index in [9.17, 15) is 4.79 Å². The highest BCUT2D eigenvalue weighted by Crippen LogP contribution is 2.16. The topological polar surface area (TPSA) is 58.8 Å². The fourth-order valence-corrected chi connectivity index (χ4v) is 1.42. The fraction of sp³-hybridized carbons (Fsp3) is 0.875. The number of carbonyl (C=O) groups excluding carboxylic acids is 1. The van der Waals surface area contributed by atoms with Gasteiger partial charge in [-0.2, -0.15) is 5.12 Å². The number of hydrogen-bond acceptors (Lipinski definition) is 4. The molecule has 0 spiro atoms. The number of rotatable bonds is 1. The largest absolute Gasteiger partial charge is 0.451 e. The maximum absolute atomic E-state index is 11.0. The molecule has 1 fully saturated rings. The molecule has 0 bridgehead atoms. The minimum atomic E-state index is -0.505. The Hall–Kier alpha value is -0.810. The first-order chi connectivity index (χ1) is 6.15. The van der Waals surface area contributed by atoms with Crippen LogP contribution < -0.4 is 5.84 Å². The number of hydrazine groups is 2. The molecule has 5 heteroatoms. The van der Waals surface area contributed by atoms with E-state index in [1.807, 2.05) is 5.01 Å². The van der Waals surface area contributed by atoms with Crippen LogP contribution in [0.3, 0.4) is 0 Å². The number of amides is 1. The summed E-state index contributed by atoms with van der Waals surface area (Å²) >= 11 is 0. The van der Waals surface area contributed by atoms with Gasteiger partial charge in [-0.15, -0.1) is 0 Å². The van der Waals surface area contributed by atoms with Crippen LogP contribution >= 0.6 is 0 Å². The molecule has 1 saturated heterocycles. The molecule has 5 nitrogen and oxygen atoms in total. The zero-order valence-electron chi connectivity index (χ0n) is 8.19. The number of methoxy groups -OCH3 is 1. The van der Waals surface area contributed by atoms with Gasteiger partial charge in [0, 0.05) is 13.1 Å². The van der Waals surface area contributed by atoms with E-state index in [1.165, 1.54) is 7.11 Å². The highest BCUT2D eigenvalue weighted by molar-refractivity contribution is 5.65. The van der Waals surface area contributed by atoms with Gasteiger partial charge in [0.1, 0.15) is 0 Å². The highest BCUT2D eigenvalue weighted by atomic mass is 16.6. The van der Waals surface area contributed by atoms with Crippen LogP contribution in [0.15, 0.2) is 0 Å². The van der Waals surface area contributed by atoms with Gasteiger partial charge in [-0.3, -0.25) is 0 Å². The lowest BCUT2D eigenvalue weighted by molar-refractivity contribution is -0.0369. The molecule has 0 atom stereocenters. The van der Waals surface area contributed by atoms with Crippen LogP contribution in [0.2, 0.25) is 0 Å². The molecular weight excluding hydrogens is 170 g/mol. The summed E-state index contributed by atoms with van der Waals surface area (Å²) in [7, 11) is 1.33. The Labute approximate surface area is 78.4 Å². The number of hydrogen-bond donors (Lipinski definition) is 1. The lowest BCUT2D eigenvalue weighted by Crippen LogP contribution is -2.53. The van der Waals surface area contributed by atoms with E-state index in [2.05, 4.69) is 11.7 Å². The molecule has 13 heavy (non-hydrogen) atoms. The zero-order valence-corrected chi connectivity index (χ0v) is 8.19. The predicted octanol–water partition coefficient (Wildman–Crippen LogP) is 0.575. The van der Waals surface area contributed by atoms with Crippen molar-refractivity contribution in [3.05, 3.63) is 0 Å². The van der Waals surface area contributed by atoms with Gasteiger partial charge in [0.05, 0.1) is 7.11 Å². The van der Waals surface area contributed by atoms with Gasteiger partial charge < -0.3 is 4.74 Å². The molecule has 1 amide bonds. The standard InChI is InChI=1S/C8H17N3O2/c1-7-3-5-10(6-4-7)11(9)8(12)13-2/h7H,3-6,9H2,1-2H3. The van der Waals surface area contributed by atoms with Crippen LogP contribution in [0, 0.1) is 5.92 Å². The van der Waals surface area contributed by atoms with Crippen LogP contribution in [0.1, 0.15) is 19.8 Å². The molecule has 1 heterocycles. The smallest absolute Gasteiger partial charge is 0.439 e. The lowest BCUT2D eigenvalue weighted by Gasteiger charge is -2.34. The molecule has 0 radical (unpaired) electrons. The fourth-order valence-electron chi connectivity index (χ4n) is 1.42. The Kier molecular flexibility index (Phi) is 3.50. The molecule has 0 aliphatic carbocycles. The molecule has 0 unspecified atom stereocenters. The van der Waals surface area contributed by atoms with Crippen LogP contribution in [-0.4, -0.2) is 36.4 Å². The molecule has 0 aromatic heterocycles. The van der Waals surface area contributed by atoms with Gasteiger partial charge in [0.15, 0.2) is 0 Å². The van der Waals surface area contributed by atoms with Gasteiger partial charge >= 0.3 is 6.09 Å². The summed E-state index contributed by atoms with van der Waals surface area (Å²) in [5.41, 5.74) is 0. The minimum absolute atomic E-state index is 0.505. The van der Waals surface area contributed by atoms with Crippen molar-refractivity contribution in [2.75, 3.05) is 20.2 Å². The van der Waals surface area contributed by atoms with Crippen molar-refractivity contribution >= 4 is 6.09 Å². The maximum Gasteiger partial charge on any atom is 0.439 e. The summed E-state index contributed by atoms with van der Waals surface area (Å²) in [6.45, 7) is 3.86. The van der Waals surface area contributed by atoms with Crippen LogP contribution in [-0.2, 0) is 4.74 Å². The molecule has 1 aliphatic heterocycles. The number of carbonyl (C=O) groups is 1. The Morgan fingerprint density at radius 3 is 2.54 bits per heavy atom. The van der Waals surface area contributed by atoms with Gasteiger partial charge in [0.2, 0.25) is 0 Å². The van der Waals surface area contributed by atoms with E-state index in [0.717, 1.165) is 37.0 Å². The normalized spacial score (nSPS) is 19.9. The van der Waals surface area contributed by atoms with Gasteiger partial charge in [-0.05, 0) is 18.8 Å². The van der Waals surface area contributed by atoms with E-state index in [-0.39, 0.29) is 0 Å². The summed E-state index contributed by atoms with van der Waals surface area (Å²) in [4.78, 5) is 11.0. The van der Waals surface area contributed by atoms with Gasteiger partial charge in [-0.25, -0.2) is 15.6 Å². The van der Waals surface area contributed by atoms with Crippen molar-refractivity contribution in [3.8, 4) is 0 Å². The molecule has 0 aromatic rings. The molecule has 0 aromatic carbocycles. The van der Waals surface area contributed by atoms with Crippen molar-refractivity contribution in [3.63, 3.8) is 0 Å². The molecule has 2 N–H and O–H groups in total. The maximum atomic E-state index is 11.0. The summed E-state index contributed by atoms with van der Waals surface area (Å²) in [6.07, 6.45) is 1.64. The van der Waals surface area contributed by atoms with Gasteiger partial charge in [-0.1, -0.05) is 6.92 Å². The second kappa shape index (κ2) is 4.43. The summed E-state index contributed by atoms with van der Waals surface area (Å²) in [6, 6.07) is 0. The highest BCUT2D eigenvalue weighted by Gasteiger charge is 2.23. The molecule has 0 saturated carbocycles. The quantitative estimate of drug-likeness (QED) is 0.370.